The lowest BCUT2D eigenvalue weighted by atomic mass is 10.0. The van der Waals surface area contributed by atoms with Gasteiger partial charge >= 0.3 is 6.36 Å². The molecular weight excluding hydrogens is 283 g/mol. The van der Waals surface area contributed by atoms with Gasteiger partial charge in [0.25, 0.3) is 0 Å². The first kappa shape index (κ1) is 14.6. The van der Waals surface area contributed by atoms with E-state index in [4.69, 9.17) is 5.26 Å². The summed E-state index contributed by atoms with van der Waals surface area (Å²) in [7, 11) is 0. The van der Waals surface area contributed by atoms with Crippen molar-refractivity contribution in [1.29, 1.82) is 5.26 Å². The van der Waals surface area contributed by atoms with E-state index in [1.54, 1.807) is 0 Å². The maximum absolute atomic E-state index is 12.4. The maximum atomic E-state index is 12.4. The SMILES string of the molecule is N#Cc1ccc(-c2cc(C=O)ccc2OC(F)(F)F)cc1. The molecule has 0 bridgehead atoms. The molecule has 0 heterocycles. The smallest absolute Gasteiger partial charge is 0.405 e. The molecule has 0 aliphatic rings. The van der Waals surface area contributed by atoms with Crippen LogP contribution in [0.3, 0.4) is 0 Å². The summed E-state index contributed by atoms with van der Waals surface area (Å²) in [6.45, 7) is 0. The summed E-state index contributed by atoms with van der Waals surface area (Å²) in [6, 6.07) is 11.5. The fourth-order valence-corrected chi connectivity index (χ4v) is 1.78. The molecule has 0 amide bonds. The lowest BCUT2D eigenvalue weighted by molar-refractivity contribution is -0.274. The Hall–Kier alpha value is -2.81. The van der Waals surface area contributed by atoms with Crippen LogP contribution in [0.2, 0.25) is 0 Å². The Morgan fingerprint density at radius 1 is 1.10 bits per heavy atom. The van der Waals surface area contributed by atoms with E-state index in [1.807, 2.05) is 6.07 Å². The molecule has 0 atom stereocenters. The highest BCUT2D eigenvalue weighted by Crippen LogP contribution is 2.34. The zero-order chi connectivity index (χ0) is 15.5. The Morgan fingerprint density at radius 3 is 2.29 bits per heavy atom. The van der Waals surface area contributed by atoms with Crippen molar-refractivity contribution in [2.75, 3.05) is 0 Å². The normalized spacial score (nSPS) is 10.8. The van der Waals surface area contributed by atoms with Gasteiger partial charge in [-0.05, 0) is 35.9 Å². The van der Waals surface area contributed by atoms with Crippen molar-refractivity contribution in [3.63, 3.8) is 0 Å². The standard InChI is InChI=1S/C15H8F3NO2/c16-15(17,18)21-14-6-3-11(9-20)7-13(14)12-4-1-10(8-19)2-5-12/h1-7,9H. The third-order valence-corrected chi connectivity index (χ3v) is 2.69. The van der Waals surface area contributed by atoms with Gasteiger partial charge < -0.3 is 4.74 Å². The summed E-state index contributed by atoms with van der Waals surface area (Å²) in [5.41, 5.74) is 1.14. The van der Waals surface area contributed by atoms with Crippen LogP contribution in [0.5, 0.6) is 5.75 Å². The number of nitrogens with zero attached hydrogens (tertiary/aromatic N) is 1. The van der Waals surface area contributed by atoms with Crippen LogP contribution in [0.4, 0.5) is 13.2 Å². The van der Waals surface area contributed by atoms with E-state index in [2.05, 4.69) is 4.74 Å². The van der Waals surface area contributed by atoms with Crippen LogP contribution in [0, 0.1) is 11.3 Å². The Kier molecular flexibility index (Phi) is 3.94. The number of ether oxygens (including phenoxy) is 1. The zero-order valence-electron chi connectivity index (χ0n) is 10.5. The van der Waals surface area contributed by atoms with Gasteiger partial charge in [-0.2, -0.15) is 5.26 Å². The highest BCUT2D eigenvalue weighted by molar-refractivity contribution is 5.81. The number of carbonyl (C=O) groups is 1. The maximum Gasteiger partial charge on any atom is 0.573 e. The van der Waals surface area contributed by atoms with Gasteiger partial charge in [-0.1, -0.05) is 12.1 Å². The molecule has 0 unspecified atom stereocenters. The first-order valence-corrected chi connectivity index (χ1v) is 5.78. The first-order chi connectivity index (χ1) is 9.93. The molecule has 0 aliphatic heterocycles. The molecule has 2 aromatic rings. The minimum Gasteiger partial charge on any atom is -0.405 e. The van der Waals surface area contributed by atoms with E-state index in [1.165, 1.54) is 36.4 Å². The second-order valence-corrected chi connectivity index (χ2v) is 4.11. The molecule has 0 fully saturated rings. The highest BCUT2D eigenvalue weighted by Gasteiger charge is 2.32. The molecular formula is C15H8F3NO2. The topological polar surface area (TPSA) is 50.1 Å². The second-order valence-electron chi connectivity index (χ2n) is 4.11. The molecule has 6 heteroatoms. The van der Waals surface area contributed by atoms with Crippen LogP contribution >= 0.6 is 0 Å². The monoisotopic (exact) mass is 291 g/mol. The van der Waals surface area contributed by atoms with Gasteiger partial charge in [-0.3, -0.25) is 4.79 Å². The summed E-state index contributed by atoms with van der Waals surface area (Å²) >= 11 is 0. The number of aldehydes is 1. The molecule has 21 heavy (non-hydrogen) atoms. The van der Waals surface area contributed by atoms with Crippen molar-refractivity contribution < 1.29 is 22.7 Å². The van der Waals surface area contributed by atoms with E-state index in [9.17, 15) is 18.0 Å². The molecule has 0 N–H and O–H groups in total. The van der Waals surface area contributed by atoms with Crippen molar-refractivity contribution in [1.82, 2.24) is 0 Å². The molecule has 106 valence electrons. The third-order valence-electron chi connectivity index (χ3n) is 2.69. The van der Waals surface area contributed by atoms with Gasteiger partial charge in [0, 0.05) is 11.1 Å². The molecule has 0 saturated carbocycles. The fraction of sp³-hybridized carbons (Fsp3) is 0.0667. The van der Waals surface area contributed by atoms with Gasteiger partial charge in [-0.25, -0.2) is 0 Å². The van der Waals surface area contributed by atoms with Crippen LogP contribution in [0.25, 0.3) is 11.1 Å². The number of alkyl halides is 3. The molecule has 0 aliphatic carbocycles. The quantitative estimate of drug-likeness (QED) is 0.805. The molecule has 0 radical (unpaired) electrons. The molecule has 0 aromatic heterocycles. The highest BCUT2D eigenvalue weighted by atomic mass is 19.4. The lowest BCUT2D eigenvalue weighted by Crippen LogP contribution is -2.17. The predicted molar refractivity (Wildman–Crippen MR) is 68.7 cm³/mol. The number of hydrogen-bond acceptors (Lipinski definition) is 3. The second kappa shape index (κ2) is 5.67. The van der Waals surface area contributed by atoms with Crippen LogP contribution in [-0.4, -0.2) is 12.6 Å². The van der Waals surface area contributed by atoms with Gasteiger partial charge in [0.2, 0.25) is 0 Å². The predicted octanol–water partition coefficient (Wildman–Crippen LogP) is 3.94. The minimum atomic E-state index is -4.83. The first-order valence-electron chi connectivity index (χ1n) is 5.78. The average Bonchev–Trinajstić information content (AvgIpc) is 2.46. The van der Waals surface area contributed by atoms with Crippen molar-refractivity contribution in [3.8, 4) is 22.9 Å². The van der Waals surface area contributed by atoms with E-state index in [0.29, 0.717) is 17.4 Å². The van der Waals surface area contributed by atoms with Crippen molar-refractivity contribution in [2.45, 2.75) is 6.36 Å². The largest absolute Gasteiger partial charge is 0.573 e. The lowest BCUT2D eigenvalue weighted by Gasteiger charge is -2.14. The van der Waals surface area contributed by atoms with Crippen molar-refractivity contribution >= 4 is 6.29 Å². The molecule has 0 spiro atoms. The Balaban J connectivity index is 2.52. The van der Waals surface area contributed by atoms with Crippen LogP contribution in [0.15, 0.2) is 42.5 Å². The minimum absolute atomic E-state index is 0.126. The number of benzene rings is 2. The summed E-state index contributed by atoms with van der Waals surface area (Å²) in [6.07, 6.45) is -4.30. The Bertz CT molecular complexity index is 700. The summed E-state index contributed by atoms with van der Waals surface area (Å²) in [4.78, 5) is 10.8. The third kappa shape index (κ3) is 3.60. The average molecular weight is 291 g/mol. The molecule has 2 rings (SSSR count). The Labute approximate surface area is 118 Å². The fourth-order valence-electron chi connectivity index (χ4n) is 1.78. The van der Waals surface area contributed by atoms with E-state index < -0.39 is 12.1 Å². The molecule has 0 saturated heterocycles. The van der Waals surface area contributed by atoms with E-state index in [0.717, 1.165) is 6.07 Å². The van der Waals surface area contributed by atoms with Crippen molar-refractivity contribution in [2.24, 2.45) is 0 Å². The molecule has 3 nitrogen and oxygen atoms in total. The van der Waals surface area contributed by atoms with E-state index >= 15 is 0 Å². The van der Waals surface area contributed by atoms with E-state index in [-0.39, 0.29) is 11.1 Å². The van der Waals surface area contributed by atoms with Gasteiger partial charge in [0.05, 0.1) is 11.6 Å². The number of carbonyl (C=O) groups excluding carboxylic acids is 1. The van der Waals surface area contributed by atoms with Gasteiger partial charge in [0.1, 0.15) is 12.0 Å². The van der Waals surface area contributed by atoms with Crippen LogP contribution < -0.4 is 4.74 Å². The number of nitriles is 1. The number of halogens is 3. The zero-order valence-corrected chi connectivity index (χ0v) is 10.5. The number of hydrogen-bond donors (Lipinski definition) is 0. The van der Waals surface area contributed by atoms with Gasteiger partial charge in [0.15, 0.2) is 0 Å². The molecule has 2 aromatic carbocycles. The summed E-state index contributed by atoms with van der Waals surface area (Å²) in [5, 5.41) is 8.72. The van der Waals surface area contributed by atoms with Gasteiger partial charge in [-0.15, -0.1) is 13.2 Å². The van der Waals surface area contributed by atoms with Crippen LogP contribution in [-0.2, 0) is 0 Å². The Morgan fingerprint density at radius 2 is 1.76 bits per heavy atom. The van der Waals surface area contributed by atoms with Crippen molar-refractivity contribution in [3.05, 3.63) is 53.6 Å². The van der Waals surface area contributed by atoms with Crippen LogP contribution in [0.1, 0.15) is 15.9 Å². The number of rotatable bonds is 3. The summed E-state index contributed by atoms with van der Waals surface area (Å²) < 4.78 is 41.2. The summed E-state index contributed by atoms with van der Waals surface area (Å²) in [5.74, 6) is -0.405.